The first-order chi connectivity index (χ1) is 8.74. The molecule has 0 spiro atoms. The lowest BCUT2D eigenvalue weighted by Gasteiger charge is -2.19. The largest absolute Gasteiger partial charge is 0.0654 e. The van der Waals surface area contributed by atoms with Crippen LogP contribution >= 0.6 is 0 Å². The molecule has 0 radical (unpaired) electrons. The molecule has 0 aliphatic heterocycles. The molecular formula is C18H30. The smallest absolute Gasteiger partial charge is 0.0190 e. The van der Waals surface area contributed by atoms with Crippen molar-refractivity contribution in [3.63, 3.8) is 0 Å². The topological polar surface area (TPSA) is 0 Å². The summed E-state index contributed by atoms with van der Waals surface area (Å²) >= 11 is 0. The van der Waals surface area contributed by atoms with Crippen molar-refractivity contribution < 1.29 is 0 Å². The van der Waals surface area contributed by atoms with E-state index in [1.807, 2.05) is 0 Å². The summed E-state index contributed by atoms with van der Waals surface area (Å²) in [5.41, 5.74) is 4.89. The van der Waals surface area contributed by atoms with Crippen LogP contribution in [0.5, 0.6) is 0 Å². The molecule has 0 heterocycles. The van der Waals surface area contributed by atoms with Crippen LogP contribution in [0.25, 0.3) is 0 Å². The summed E-state index contributed by atoms with van der Waals surface area (Å²) in [6.45, 7) is 9.24. The van der Waals surface area contributed by atoms with Crippen LogP contribution in [0, 0.1) is 0 Å². The number of aryl methyl sites for hydroxylation is 1. The minimum absolute atomic E-state index is 0.707. The van der Waals surface area contributed by atoms with Crippen molar-refractivity contribution in [2.45, 2.75) is 78.6 Å². The first-order valence-electron chi connectivity index (χ1n) is 7.85. The molecule has 0 nitrogen and oxygen atoms in total. The Morgan fingerprint density at radius 2 is 1.61 bits per heavy atom. The Hall–Kier alpha value is -0.780. The summed E-state index contributed by atoms with van der Waals surface area (Å²) in [4.78, 5) is 0. The summed E-state index contributed by atoms with van der Waals surface area (Å²) in [6, 6.07) is 6.98. The van der Waals surface area contributed by atoms with Crippen LogP contribution < -0.4 is 0 Å². The predicted molar refractivity (Wildman–Crippen MR) is 82.4 cm³/mol. The van der Waals surface area contributed by atoms with E-state index < -0.39 is 0 Å². The molecule has 0 saturated carbocycles. The Kier molecular flexibility index (Phi) is 7.08. The van der Waals surface area contributed by atoms with E-state index >= 15 is 0 Å². The van der Waals surface area contributed by atoms with Crippen molar-refractivity contribution in [3.05, 3.63) is 34.9 Å². The molecule has 0 bridgehead atoms. The molecule has 0 fully saturated rings. The van der Waals surface area contributed by atoms with E-state index in [4.69, 9.17) is 0 Å². The molecule has 0 heteroatoms. The quantitative estimate of drug-likeness (QED) is 0.537. The van der Waals surface area contributed by atoms with E-state index in [-0.39, 0.29) is 0 Å². The van der Waals surface area contributed by atoms with Crippen LogP contribution in [0.3, 0.4) is 0 Å². The number of hydrogen-bond acceptors (Lipinski definition) is 0. The standard InChI is InChI=1S/C18H30/c1-5-8-11-16-12-10-14-17(15(4)7-3)18(16)13-9-6-2/h10,12,14-15H,5-9,11,13H2,1-4H3. The molecule has 0 amide bonds. The highest BCUT2D eigenvalue weighted by atomic mass is 14.2. The summed E-state index contributed by atoms with van der Waals surface area (Å²) in [5.74, 6) is 0.707. The number of unbranched alkanes of at least 4 members (excludes halogenated alkanes) is 2. The average Bonchev–Trinajstić information content (AvgIpc) is 2.42. The Labute approximate surface area is 114 Å². The van der Waals surface area contributed by atoms with Gasteiger partial charge in [0.25, 0.3) is 0 Å². The molecule has 1 rings (SSSR count). The van der Waals surface area contributed by atoms with Crippen molar-refractivity contribution in [2.24, 2.45) is 0 Å². The van der Waals surface area contributed by atoms with Gasteiger partial charge in [-0.2, -0.15) is 0 Å². The zero-order valence-corrected chi connectivity index (χ0v) is 12.8. The van der Waals surface area contributed by atoms with Gasteiger partial charge in [0.15, 0.2) is 0 Å². The van der Waals surface area contributed by atoms with Crippen LogP contribution in [-0.2, 0) is 12.8 Å². The van der Waals surface area contributed by atoms with Gasteiger partial charge in [-0.05, 0) is 54.7 Å². The van der Waals surface area contributed by atoms with Gasteiger partial charge in [-0.1, -0.05) is 58.7 Å². The molecule has 0 N–H and O–H groups in total. The molecule has 1 atom stereocenters. The SMILES string of the molecule is CCCCc1cccc(C(C)CC)c1CCCC. The van der Waals surface area contributed by atoms with E-state index in [9.17, 15) is 0 Å². The normalized spacial score (nSPS) is 12.7. The molecule has 0 aromatic heterocycles. The Morgan fingerprint density at radius 1 is 0.944 bits per heavy atom. The van der Waals surface area contributed by atoms with Crippen molar-refractivity contribution in [3.8, 4) is 0 Å². The van der Waals surface area contributed by atoms with Crippen LogP contribution in [-0.4, -0.2) is 0 Å². The molecule has 102 valence electrons. The minimum Gasteiger partial charge on any atom is -0.0654 e. The predicted octanol–water partition coefficient (Wildman–Crippen LogP) is 5.89. The molecule has 1 aromatic carbocycles. The first-order valence-corrected chi connectivity index (χ1v) is 7.85. The van der Waals surface area contributed by atoms with Crippen LogP contribution in [0.15, 0.2) is 18.2 Å². The summed E-state index contributed by atoms with van der Waals surface area (Å²) in [5, 5.41) is 0. The first kappa shape index (κ1) is 15.3. The maximum atomic E-state index is 2.37. The van der Waals surface area contributed by atoms with Gasteiger partial charge in [0.05, 0.1) is 0 Å². The highest BCUT2D eigenvalue weighted by Crippen LogP contribution is 2.27. The van der Waals surface area contributed by atoms with Gasteiger partial charge in [0.1, 0.15) is 0 Å². The fraction of sp³-hybridized carbons (Fsp3) is 0.667. The maximum absolute atomic E-state index is 2.37. The van der Waals surface area contributed by atoms with Gasteiger partial charge in [-0.15, -0.1) is 0 Å². The fourth-order valence-electron chi connectivity index (χ4n) is 2.60. The third-order valence-electron chi connectivity index (χ3n) is 4.03. The van der Waals surface area contributed by atoms with E-state index in [2.05, 4.69) is 45.9 Å². The van der Waals surface area contributed by atoms with Crippen molar-refractivity contribution in [2.75, 3.05) is 0 Å². The zero-order valence-electron chi connectivity index (χ0n) is 12.8. The molecular weight excluding hydrogens is 216 g/mol. The Morgan fingerprint density at radius 3 is 2.22 bits per heavy atom. The lowest BCUT2D eigenvalue weighted by Crippen LogP contribution is -2.03. The molecule has 1 aromatic rings. The van der Waals surface area contributed by atoms with Gasteiger partial charge >= 0.3 is 0 Å². The highest BCUT2D eigenvalue weighted by molar-refractivity contribution is 5.37. The van der Waals surface area contributed by atoms with Crippen LogP contribution in [0.4, 0.5) is 0 Å². The summed E-state index contributed by atoms with van der Waals surface area (Å²) in [6.07, 6.45) is 9.02. The van der Waals surface area contributed by atoms with Gasteiger partial charge in [-0.3, -0.25) is 0 Å². The van der Waals surface area contributed by atoms with Crippen molar-refractivity contribution in [1.82, 2.24) is 0 Å². The third kappa shape index (κ3) is 4.15. The molecule has 1 unspecified atom stereocenters. The van der Waals surface area contributed by atoms with Gasteiger partial charge in [0, 0.05) is 0 Å². The summed E-state index contributed by atoms with van der Waals surface area (Å²) in [7, 11) is 0. The highest BCUT2D eigenvalue weighted by Gasteiger charge is 2.12. The second-order valence-corrected chi connectivity index (χ2v) is 5.50. The van der Waals surface area contributed by atoms with Crippen molar-refractivity contribution >= 4 is 0 Å². The zero-order chi connectivity index (χ0) is 13.4. The Balaban J connectivity index is 3.00. The molecule has 0 aliphatic carbocycles. The van der Waals surface area contributed by atoms with E-state index in [1.54, 1.807) is 16.7 Å². The van der Waals surface area contributed by atoms with E-state index in [0.29, 0.717) is 5.92 Å². The second-order valence-electron chi connectivity index (χ2n) is 5.50. The molecule has 0 saturated heterocycles. The lowest BCUT2D eigenvalue weighted by molar-refractivity contribution is 0.697. The summed E-state index contributed by atoms with van der Waals surface area (Å²) < 4.78 is 0. The lowest BCUT2D eigenvalue weighted by atomic mass is 9.87. The van der Waals surface area contributed by atoms with Crippen molar-refractivity contribution in [1.29, 1.82) is 0 Å². The average molecular weight is 246 g/mol. The van der Waals surface area contributed by atoms with Gasteiger partial charge in [-0.25, -0.2) is 0 Å². The third-order valence-corrected chi connectivity index (χ3v) is 4.03. The second kappa shape index (κ2) is 8.34. The monoisotopic (exact) mass is 246 g/mol. The fourth-order valence-corrected chi connectivity index (χ4v) is 2.60. The minimum atomic E-state index is 0.707. The van der Waals surface area contributed by atoms with E-state index in [1.165, 1.54) is 44.9 Å². The van der Waals surface area contributed by atoms with E-state index in [0.717, 1.165) is 0 Å². The molecule has 18 heavy (non-hydrogen) atoms. The number of benzene rings is 1. The Bertz CT molecular complexity index is 338. The van der Waals surface area contributed by atoms with Crippen LogP contribution in [0.1, 0.15) is 82.4 Å². The van der Waals surface area contributed by atoms with Gasteiger partial charge in [0.2, 0.25) is 0 Å². The van der Waals surface area contributed by atoms with Gasteiger partial charge < -0.3 is 0 Å². The number of hydrogen-bond donors (Lipinski definition) is 0. The van der Waals surface area contributed by atoms with Crippen LogP contribution in [0.2, 0.25) is 0 Å². The maximum Gasteiger partial charge on any atom is -0.0190 e. The number of rotatable bonds is 8. The molecule has 0 aliphatic rings.